The van der Waals surface area contributed by atoms with Crippen LogP contribution >= 0.6 is 0 Å². The van der Waals surface area contributed by atoms with Gasteiger partial charge >= 0.3 is 0 Å². The number of imide groups is 1. The van der Waals surface area contributed by atoms with Gasteiger partial charge in [-0.25, -0.2) is 0 Å². The highest BCUT2D eigenvalue weighted by molar-refractivity contribution is 6.07. The smallest absolute Gasteiger partial charge is 0.249 e. The fourth-order valence-electron chi connectivity index (χ4n) is 2.42. The third-order valence-corrected chi connectivity index (χ3v) is 3.24. The molecule has 0 bridgehead atoms. The van der Waals surface area contributed by atoms with Crippen LogP contribution in [-0.2, 0) is 20.8 Å². The molecule has 1 heterocycles. The van der Waals surface area contributed by atoms with Gasteiger partial charge in [0.05, 0.1) is 6.42 Å². The van der Waals surface area contributed by atoms with Crippen molar-refractivity contribution in [3.05, 3.63) is 29.8 Å². The Labute approximate surface area is 111 Å². The molecule has 5 nitrogen and oxygen atoms in total. The van der Waals surface area contributed by atoms with Crippen molar-refractivity contribution in [3.63, 3.8) is 0 Å². The lowest BCUT2D eigenvalue weighted by molar-refractivity contribution is -0.128. The van der Waals surface area contributed by atoms with Gasteiger partial charge < -0.3 is 0 Å². The van der Waals surface area contributed by atoms with Crippen LogP contribution in [0, 0.1) is 0 Å². The van der Waals surface area contributed by atoms with E-state index in [-0.39, 0.29) is 5.91 Å². The highest BCUT2D eigenvalue weighted by atomic mass is 16.2. The van der Waals surface area contributed by atoms with Gasteiger partial charge in [0, 0.05) is 5.69 Å². The second-order valence-electron chi connectivity index (χ2n) is 4.50. The summed E-state index contributed by atoms with van der Waals surface area (Å²) in [6.07, 6.45) is 1.95. The summed E-state index contributed by atoms with van der Waals surface area (Å²) in [6, 6.07) is 6.80. The number of hydrogen-bond donors (Lipinski definition) is 1. The highest BCUT2D eigenvalue weighted by Gasteiger charge is 2.35. The molecule has 1 aliphatic rings. The Morgan fingerprint density at radius 1 is 1.47 bits per heavy atom. The molecule has 1 aromatic carbocycles. The molecule has 0 radical (unpaired) electrons. The van der Waals surface area contributed by atoms with Crippen molar-refractivity contribution in [2.24, 2.45) is 0 Å². The molecule has 100 valence electrons. The summed E-state index contributed by atoms with van der Waals surface area (Å²) in [7, 11) is 0. The zero-order valence-corrected chi connectivity index (χ0v) is 10.8. The molecular formula is C14H16N2O3. The van der Waals surface area contributed by atoms with E-state index >= 15 is 0 Å². The van der Waals surface area contributed by atoms with E-state index in [2.05, 4.69) is 5.32 Å². The number of carbonyl (C=O) groups is 3. The standard InChI is InChI=1S/C14H16N2O3/c1-2-5-12(14(19)15-9-17)16-11-7-4-3-6-10(11)8-13(16)18/h3-4,6-7,9,12H,2,5,8H2,1H3,(H,15,17,19). The predicted octanol–water partition coefficient (Wildman–Crippen LogP) is 1.02. The van der Waals surface area contributed by atoms with Crippen molar-refractivity contribution in [3.8, 4) is 0 Å². The van der Waals surface area contributed by atoms with Crippen LogP contribution in [0.5, 0.6) is 0 Å². The number of para-hydroxylation sites is 1. The number of rotatable bonds is 5. The minimum atomic E-state index is -0.619. The Morgan fingerprint density at radius 2 is 2.21 bits per heavy atom. The maximum absolute atomic E-state index is 12.1. The van der Waals surface area contributed by atoms with Crippen LogP contribution in [0.2, 0.25) is 0 Å². The van der Waals surface area contributed by atoms with E-state index in [9.17, 15) is 14.4 Å². The predicted molar refractivity (Wildman–Crippen MR) is 70.5 cm³/mol. The van der Waals surface area contributed by atoms with Gasteiger partial charge in [-0.1, -0.05) is 31.5 Å². The van der Waals surface area contributed by atoms with Gasteiger partial charge in [0.15, 0.2) is 0 Å². The van der Waals surface area contributed by atoms with Crippen molar-refractivity contribution in [2.75, 3.05) is 4.90 Å². The molecule has 1 aromatic rings. The lowest BCUT2D eigenvalue weighted by atomic mass is 10.1. The lowest BCUT2D eigenvalue weighted by Crippen LogP contribution is -2.48. The summed E-state index contributed by atoms with van der Waals surface area (Å²) in [5, 5.41) is 2.15. The number of amides is 3. The third kappa shape index (κ3) is 2.50. The number of hydrogen-bond acceptors (Lipinski definition) is 3. The van der Waals surface area contributed by atoms with E-state index in [1.807, 2.05) is 31.2 Å². The minimum Gasteiger partial charge on any atom is -0.299 e. The highest BCUT2D eigenvalue weighted by Crippen LogP contribution is 2.31. The summed E-state index contributed by atoms with van der Waals surface area (Å²) in [5.74, 6) is -0.525. The molecule has 0 spiro atoms. The molecule has 0 fully saturated rings. The number of benzene rings is 1. The summed E-state index contributed by atoms with van der Waals surface area (Å²) in [4.78, 5) is 36.0. The number of carbonyl (C=O) groups excluding carboxylic acids is 3. The quantitative estimate of drug-likeness (QED) is 0.804. The monoisotopic (exact) mass is 260 g/mol. The van der Waals surface area contributed by atoms with E-state index in [1.54, 1.807) is 0 Å². The molecule has 19 heavy (non-hydrogen) atoms. The van der Waals surface area contributed by atoms with Gasteiger partial charge in [-0.3, -0.25) is 24.6 Å². The lowest BCUT2D eigenvalue weighted by Gasteiger charge is -2.26. The second-order valence-corrected chi connectivity index (χ2v) is 4.50. The Hall–Kier alpha value is -2.17. The number of anilines is 1. The molecule has 2 rings (SSSR count). The maximum atomic E-state index is 12.1. The van der Waals surface area contributed by atoms with E-state index in [1.165, 1.54) is 4.90 Å². The fourth-order valence-corrected chi connectivity index (χ4v) is 2.42. The zero-order chi connectivity index (χ0) is 13.8. The molecule has 0 aromatic heterocycles. The van der Waals surface area contributed by atoms with Crippen molar-refractivity contribution in [1.82, 2.24) is 5.32 Å². The molecule has 0 saturated carbocycles. The third-order valence-electron chi connectivity index (χ3n) is 3.24. The van der Waals surface area contributed by atoms with Crippen molar-refractivity contribution < 1.29 is 14.4 Å². The molecular weight excluding hydrogens is 244 g/mol. The topological polar surface area (TPSA) is 66.5 Å². The van der Waals surface area contributed by atoms with Gasteiger partial charge in [0.2, 0.25) is 18.2 Å². The van der Waals surface area contributed by atoms with Crippen molar-refractivity contribution >= 4 is 23.9 Å². The normalized spacial score (nSPS) is 15.0. The number of fused-ring (bicyclic) bond motifs is 1. The average molecular weight is 260 g/mol. The van der Waals surface area contributed by atoms with Crippen molar-refractivity contribution in [1.29, 1.82) is 0 Å². The summed E-state index contributed by atoms with van der Waals surface area (Å²) in [6.45, 7) is 1.94. The van der Waals surface area contributed by atoms with Gasteiger partial charge in [0.25, 0.3) is 0 Å². The summed E-state index contributed by atoms with van der Waals surface area (Å²) >= 11 is 0. The summed E-state index contributed by atoms with van der Waals surface area (Å²) < 4.78 is 0. The van der Waals surface area contributed by atoms with Crippen molar-refractivity contribution in [2.45, 2.75) is 32.2 Å². The number of nitrogens with one attached hydrogen (secondary N) is 1. The Kier molecular flexibility index (Phi) is 3.94. The Balaban J connectivity index is 2.33. The first kappa shape index (κ1) is 13.3. The molecule has 5 heteroatoms. The maximum Gasteiger partial charge on any atom is 0.249 e. The second kappa shape index (κ2) is 5.65. The molecule has 3 amide bonds. The Bertz CT molecular complexity index is 513. The molecule has 1 aliphatic heterocycles. The van der Waals surface area contributed by atoms with Crippen LogP contribution in [0.3, 0.4) is 0 Å². The van der Waals surface area contributed by atoms with E-state index in [4.69, 9.17) is 0 Å². The van der Waals surface area contributed by atoms with Crippen LogP contribution in [0.15, 0.2) is 24.3 Å². The first-order valence-corrected chi connectivity index (χ1v) is 6.33. The Morgan fingerprint density at radius 3 is 2.89 bits per heavy atom. The minimum absolute atomic E-state index is 0.0966. The molecule has 1 N–H and O–H groups in total. The van der Waals surface area contributed by atoms with Crippen LogP contribution < -0.4 is 10.2 Å². The average Bonchev–Trinajstić information content (AvgIpc) is 2.72. The number of nitrogens with zero attached hydrogens (tertiary/aromatic N) is 1. The van der Waals surface area contributed by atoms with Crippen LogP contribution in [0.25, 0.3) is 0 Å². The van der Waals surface area contributed by atoms with Gasteiger partial charge in [-0.05, 0) is 18.1 Å². The van der Waals surface area contributed by atoms with Gasteiger partial charge in [0.1, 0.15) is 6.04 Å². The van der Waals surface area contributed by atoms with E-state index in [0.29, 0.717) is 19.3 Å². The first-order valence-electron chi connectivity index (χ1n) is 6.33. The molecule has 1 atom stereocenters. The van der Waals surface area contributed by atoms with Crippen LogP contribution in [0.1, 0.15) is 25.3 Å². The molecule has 0 aliphatic carbocycles. The molecule has 1 unspecified atom stereocenters. The fraction of sp³-hybridized carbons (Fsp3) is 0.357. The first-order chi connectivity index (χ1) is 9.19. The zero-order valence-electron chi connectivity index (χ0n) is 10.8. The van der Waals surface area contributed by atoms with E-state index in [0.717, 1.165) is 17.7 Å². The summed E-state index contributed by atoms with van der Waals surface area (Å²) in [5.41, 5.74) is 1.69. The van der Waals surface area contributed by atoms with Gasteiger partial charge in [-0.15, -0.1) is 0 Å². The molecule has 0 saturated heterocycles. The van der Waals surface area contributed by atoms with E-state index < -0.39 is 11.9 Å². The van der Waals surface area contributed by atoms with Gasteiger partial charge in [-0.2, -0.15) is 0 Å². The largest absolute Gasteiger partial charge is 0.299 e. The van der Waals surface area contributed by atoms with Crippen LogP contribution in [0.4, 0.5) is 5.69 Å². The van der Waals surface area contributed by atoms with Crippen LogP contribution in [-0.4, -0.2) is 24.3 Å². The SMILES string of the molecule is CCCC(C(=O)NC=O)N1C(=O)Cc2ccccc21.